The number of hydrogen-bond acceptors (Lipinski definition) is 3. The summed E-state index contributed by atoms with van der Waals surface area (Å²) in [5, 5.41) is 3.27. The van der Waals surface area contributed by atoms with Crippen molar-refractivity contribution in [3.63, 3.8) is 0 Å². The Bertz CT molecular complexity index is 507. The lowest BCUT2D eigenvalue weighted by Gasteiger charge is -2.28. The van der Waals surface area contributed by atoms with E-state index < -0.39 is 5.54 Å². The first-order valence-corrected chi connectivity index (χ1v) is 6.58. The zero-order valence-electron chi connectivity index (χ0n) is 11.1. The quantitative estimate of drug-likeness (QED) is 0.820. The third-order valence-electron chi connectivity index (χ3n) is 3.05. The molecule has 0 aliphatic heterocycles. The van der Waals surface area contributed by atoms with Gasteiger partial charge >= 0.3 is 0 Å². The minimum Gasteiger partial charge on any atom is -0.496 e. The van der Waals surface area contributed by atoms with Gasteiger partial charge in [0.05, 0.1) is 23.2 Å². The van der Waals surface area contributed by atoms with Crippen LogP contribution < -0.4 is 15.8 Å². The third kappa shape index (κ3) is 3.58. The molecule has 3 N–H and O–H groups in total. The van der Waals surface area contributed by atoms with Crippen LogP contribution in [0.2, 0.25) is 5.02 Å². The highest BCUT2D eigenvalue weighted by molar-refractivity contribution is 7.80. The van der Waals surface area contributed by atoms with Gasteiger partial charge in [0.1, 0.15) is 5.75 Å². The zero-order valence-corrected chi connectivity index (χ0v) is 12.7. The summed E-state index contributed by atoms with van der Waals surface area (Å²) in [7, 11) is 1.49. The standard InChI is InChI=1S/C13H17ClN2O2S/c1-4-13(2,12(15)19)16-11(17)9-7-8(14)5-6-10(9)18-3/h5-7H,4H2,1-3H3,(H2,15,19)(H,16,17). The Morgan fingerprint density at radius 2 is 2.21 bits per heavy atom. The summed E-state index contributed by atoms with van der Waals surface area (Å²) >= 11 is 10.9. The monoisotopic (exact) mass is 300 g/mol. The fourth-order valence-corrected chi connectivity index (χ4v) is 1.87. The Morgan fingerprint density at radius 1 is 1.58 bits per heavy atom. The Balaban J connectivity index is 3.07. The fourth-order valence-electron chi connectivity index (χ4n) is 1.50. The molecule has 0 aliphatic rings. The molecule has 0 radical (unpaired) electrons. The molecule has 104 valence electrons. The van der Waals surface area contributed by atoms with Crippen molar-refractivity contribution < 1.29 is 9.53 Å². The van der Waals surface area contributed by atoms with Crippen LogP contribution >= 0.6 is 23.8 Å². The number of rotatable bonds is 5. The second-order valence-electron chi connectivity index (χ2n) is 4.35. The molecule has 0 aliphatic carbocycles. The van der Waals surface area contributed by atoms with Gasteiger partial charge in [0.15, 0.2) is 0 Å². The van der Waals surface area contributed by atoms with Crippen LogP contribution in [0.4, 0.5) is 0 Å². The van der Waals surface area contributed by atoms with Gasteiger partial charge in [-0.3, -0.25) is 4.79 Å². The van der Waals surface area contributed by atoms with Gasteiger partial charge in [-0.25, -0.2) is 0 Å². The topological polar surface area (TPSA) is 64.3 Å². The van der Waals surface area contributed by atoms with Crippen LogP contribution in [-0.2, 0) is 0 Å². The van der Waals surface area contributed by atoms with Gasteiger partial charge in [-0.05, 0) is 31.5 Å². The lowest BCUT2D eigenvalue weighted by atomic mass is 9.98. The highest BCUT2D eigenvalue weighted by Crippen LogP contribution is 2.23. The van der Waals surface area contributed by atoms with E-state index in [2.05, 4.69) is 5.32 Å². The van der Waals surface area contributed by atoms with Crippen molar-refractivity contribution in [1.29, 1.82) is 0 Å². The molecule has 0 saturated carbocycles. The predicted molar refractivity (Wildman–Crippen MR) is 81.0 cm³/mol. The molecule has 0 spiro atoms. The molecule has 0 heterocycles. The average molecular weight is 301 g/mol. The van der Waals surface area contributed by atoms with E-state index in [9.17, 15) is 4.79 Å². The van der Waals surface area contributed by atoms with Crippen molar-refractivity contribution in [2.24, 2.45) is 5.73 Å². The number of benzene rings is 1. The van der Waals surface area contributed by atoms with Gasteiger partial charge in [0.2, 0.25) is 0 Å². The SMILES string of the molecule is CCC(C)(NC(=O)c1cc(Cl)ccc1OC)C(N)=S. The van der Waals surface area contributed by atoms with Crippen LogP contribution in [0.3, 0.4) is 0 Å². The average Bonchev–Trinajstić information content (AvgIpc) is 2.38. The van der Waals surface area contributed by atoms with Gasteiger partial charge in [0, 0.05) is 5.02 Å². The molecule has 1 aromatic carbocycles. The van der Waals surface area contributed by atoms with Crippen molar-refractivity contribution in [3.8, 4) is 5.75 Å². The molecule has 0 saturated heterocycles. The molecule has 1 amide bonds. The number of halogens is 1. The summed E-state index contributed by atoms with van der Waals surface area (Å²) in [6.45, 7) is 3.68. The van der Waals surface area contributed by atoms with Crippen LogP contribution in [0.25, 0.3) is 0 Å². The Kier molecular flexibility index (Phi) is 5.14. The van der Waals surface area contributed by atoms with Crippen LogP contribution in [-0.4, -0.2) is 23.5 Å². The van der Waals surface area contributed by atoms with E-state index in [0.29, 0.717) is 22.8 Å². The molecule has 19 heavy (non-hydrogen) atoms. The molecule has 1 unspecified atom stereocenters. The first kappa shape index (κ1) is 15.7. The Hall–Kier alpha value is -1.33. The molecule has 4 nitrogen and oxygen atoms in total. The minimum absolute atomic E-state index is 0.240. The second kappa shape index (κ2) is 6.21. The number of methoxy groups -OCH3 is 1. The summed E-state index contributed by atoms with van der Waals surface area (Å²) in [5.41, 5.74) is 5.28. The molecule has 0 aromatic heterocycles. The summed E-state index contributed by atoms with van der Waals surface area (Å²) in [5.74, 6) is 0.125. The van der Waals surface area contributed by atoms with Crippen LogP contribution in [0.1, 0.15) is 30.6 Å². The first-order chi connectivity index (χ1) is 8.84. The number of amides is 1. The van der Waals surface area contributed by atoms with E-state index in [-0.39, 0.29) is 10.9 Å². The second-order valence-corrected chi connectivity index (χ2v) is 5.22. The largest absolute Gasteiger partial charge is 0.496 e. The van der Waals surface area contributed by atoms with E-state index in [1.165, 1.54) is 7.11 Å². The normalized spacial score (nSPS) is 13.5. The highest BCUT2D eigenvalue weighted by Gasteiger charge is 2.29. The van der Waals surface area contributed by atoms with E-state index in [0.717, 1.165) is 0 Å². The van der Waals surface area contributed by atoms with E-state index in [1.54, 1.807) is 25.1 Å². The number of thiocarbonyl (C=S) groups is 1. The van der Waals surface area contributed by atoms with Gasteiger partial charge < -0.3 is 15.8 Å². The number of nitrogens with one attached hydrogen (secondary N) is 1. The van der Waals surface area contributed by atoms with Gasteiger partial charge in [0.25, 0.3) is 5.91 Å². The van der Waals surface area contributed by atoms with E-state index in [4.69, 9.17) is 34.3 Å². The van der Waals surface area contributed by atoms with Crippen LogP contribution in [0.15, 0.2) is 18.2 Å². The van der Waals surface area contributed by atoms with Crippen LogP contribution in [0, 0.1) is 0 Å². The number of ether oxygens (including phenoxy) is 1. The Labute approximate surface area is 123 Å². The molecule has 1 rings (SSSR count). The van der Waals surface area contributed by atoms with Gasteiger partial charge in [-0.15, -0.1) is 0 Å². The summed E-state index contributed by atoms with van der Waals surface area (Å²) in [6, 6.07) is 4.84. The smallest absolute Gasteiger partial charge is 0.255 e. The minimum atomic E-state index is -0.736. The number of carbonyl (C=O) groups excluding carboxylic acids is 1. The van der Waals surface area contributed by atoms with Crippen molar-refractivity contribution in [2.45, 2.75) is 25.8 Å². The summed E-state index contributed by atoms with van der Waals surface area (Å²) < 4.78 is 5.15. The molecule has 1 atom stereocenters. The van der Waals surface area contributed by atoms with Crippen molar-refractivity contribution in [1.82, 2.24) is 5.32 Å². The third-order valence-corrected chi connectivity index (χ3v) is 3.73. The van der Waals surface area contributed by atoms with Crippen molar-refractivity contribution in [3.05, 3.63) is 28.8 Å². The lowest BCUT2D eigenvalue weighted by molar-refractivity contribution is 0.0923. The molecule has 0 fully saturated rings. The number of nitrogens with two attached hydrogens (primary N) is 1. The van der Waals surface area contributed by atoms with Crippen molar-refractivity contribution >= 4 is 34.7 Å². The fraction of sp³-hybridized carbons (Fsp3) is 0.385. The molecule has 6 heteroatoms. The van der Waals surface area contributed by atoms with Crippen molar-refractivity contribution in [2.75, 3.05) is 7.11 Å². The van der Waals surface area contributed by atoms with Gasteiger partial charge in [-0.2, -0.15) is 0 Å². The molecular weight excluding hydrogens is 284 g/mol. The van der Waals surface area contributed by atoms with E-state index >= 15 is 0 Å². The highest BCUT2D eigenvalue weighted by atomic mass is 35.5. The maximum absolute atomic E-state index is 12.3. The maximum Gasteiger partial charge on any atom is 0.255 e. The lowest BCUT2D eigenvalue weighted by Crippen LogP contribution is -2.54. The summed E-state index contributed by atoms with van der Waals surface area (Å²) in [6.07, 6.45) is 0.594. The Morgan fingerprint density at radius 3 is 2.68 bits per heavy atom. The predicted octanol–water partition coefficient (Wildman–Crippen LogP) is 2.53. The maximum atomic E-state index is 12.3. The van der Waals surface area contributed by atoms with E-state index in [1.807, 2.05) is 6.92 Å². The zero-order chi connectivity index (χ0) is 14.6. The molecular formula is C13H17ClN2O2S. The number of hydrogen-bond donors (Lipinski definition) is 2. The number of carbonyl (C=O) groups is 1. The first-order valence-electron chi connectivity index (χ1n) is 5.80. The van der Waals surface area contributed by atoms with Crippen LogP contribution in [0.5, 0.6) is 5.75 Å². The summed E-state index contributed by atoms with van der Waals surface area (Å²) in [4.78, 5) is 12.5. The molecule has 0 bridgehead atoms. The van der Waals surface area contributed by atoms with Gasteiger partial charge in [-0.1, -0.05) is 30.7 Å². The molecule has 1 aromatic rings.